The third-order valence-corrected chi connectivity index (χ3v) is 2.58. The summed E-state index contributed by atoms with van der Waals surface area (Å²) in [5.74, 6) is 0. The molecule has 1 aromatic carbocycles. The van der Waals surface area contributed by atoms with Gasteiger partial charge in [-0.2, -0.15) is 0 Å². The van der Waals surface area contributed by atoms with Gasteiger partial charge in [-0.25, -0.2) is 8.78 Å². The van der Waals surface area contributed by atoms with Crippen LogP contribution in [-0.4, -0.2) is 4.98 Å². The Morgan fingerprint density at radius 3 is 2.69 bits per heavy atom. The molecule has 84 valence electrons. The highest BCUT2D eigenvalue weighted by molar-refractivity contribution is 5.82. The lowest BCUT2D eigenvalue weighted by molar-refractivity contribution is 0.153. The maximum atomic E-state index is 12.8. The molecule has 0 unspecified atom stereocenters. The van der Waals surface area contributed by atoms with E-state index in [2.05, 4.69) is 4.98 Å². The molecule has 1 heterocycles. The van der Waals surface area contributed by atoms with E-state index in [0.717, 1.165) is 18.1 Å². The number of aryl methyl sites for hydroxylation is 1. The minimum absolute atomic E-state index is 0.200. The first kappa shape index (κ1) is 10.8. The van der Waals surface area contributed by atoms with Crippen LogP contribution in [0.5, 0.6) is 0 Å². The molecule has 0 amide bonds. The number of pyridine rings is 1. The van der Waals surface area contributed by atoms with Gasteiger partial charge in [-0.3, -0.25) is 4.79 Å². The van der Waals surface area contributed by atoms with E-state index in [0.29, 0.717) is 10.9 Å². The average Bonchev–Trinajstić information content (AvgIpc) is 2.27. The van der Waals surface area contributed by atoms with E-state index in [1.54, 1.807) is 12.1 Å². The first-order chi connectivity index (χ1) is 7.61. The van der Waals surface area contributed by atoms with E-state index in [9.17, 15) is 13.6 Å². The minimum atomic E-state index is -2.63. The number of hydrogen-bond acceptors (Lipinski definition) is 1. The highest BCUT2D eigenvalue weighted by Crippen LogP contribution is 2.26. The molecule has 0 bridgehead atoms. The number of hydrogen-bond donors (Lipinski definition) is 1. The van der Waals surface area contributed by atoms with Crippen molar-refractivity contribution in [2.45, 2.75) is 19.8 Å². The molecule has 2 nitrogen and oxygen atoms in total. The van der Waals surface area contributed by atoms with E-state index in [1.807, 2.05) is 13.0 Å². The van der Waals surface area contributed by atoms with Crippen molar-refractivity contribution in [3.8, 4) is 0 Å². The number of rotatable bonds is 2. The Morgan fingerprint density at radius 2 is 2.06 bits per heavy atom. The largest absolute Gasteiger partial charge is 0.322 e. The van der Waals surface area contributed by atoms with E-state index in [4.69, 9.17) is 0 Å². The van der Waals surface area contributed by atoms with Crippen molar-refractivity contribution in [2.75, 3.05) is 0 Å². The summed E-state index contributed by atoms with van der Waals surface area (Å²) >= 11 is 0. The molecule has 0 spiro atoms. The van der Waals surface area contributed by atoms with Crippen molar-refractivity contribution in [3.05, 3.63) is 45.7 Å². The third kappa shape index (κ3) is 1.83. The molecule has 0 aliphatic heterocycles. The van der Waals surface area contributed by atoms with Crippen molar-refractivity contribution in [2.24, 2.45) is 0 Å². The smallest absolute Gasteiger partial charge is 0.264 e. The zero-order chi connectivity index (χ0) is 11.7. The molecule has 0 aliphatic carbocycles. The minimum Gasteiger partial charge on any atom is -0.322 e. The SMILES string of the molecule is CCc1ccc2[nH]c(=O)cc(C(F)F)c2c1. The summed E-state index contributed by atoms with van der Waals surface area (Å²) in [5, 5.41) is 0.425. The van der Waals surface area contributed by atoms with Crippen LogP contribution in [0.1, 0.15) is 24.5 Å². The summed E-state index contributed by atoms with van der Waals surface area (Å²) < 4.78 is 25.5. The number of aromatic amines is 1. The Balaban J connectivity index is 2.80. The molecule has 16 heavy (non-hydrogen) atoms. The highest BCUT2D eigenvalue weighted by atomic mass is 19.3. The summed E-state index contributed by atoms with van der Waals surface area (Å²) in [6.07, 6.45) is -1.85. The molecule has 0 fully saturated rings. The van der Waals surface area contributed by atoms with Crippen LogP contribution >= 0.6 is 0 Å². The standard InChI is InChI=1S/C12H11F2NO/c1-2-7-3-4-10-8(5-7)9(12(13)14)6-11(16)15-10/h3-6,12H,2H2,1H3,(H,15,16). The molecule has 0 radical (unpaired) electrons. The lowest BCUT2D eigenvalue weighted by Crippen LogP contribution is -2.07. The van der Waals surface area contributed by atoms with Crippen LogP contribution in [-0.2, 0) is 6.42 Å². The fraction of sp³-hybridized carbons (Fsp3) is 0.250. The molecule has 2 aromatic rings. The number of aromatic nitrogens is 1. The number of halogens is 2. The normalized spacial score (nSPS) is 11.2. The monoisotopic (exact) mass is 223 g/mol. The van der Waals surface area contributed by atoms with Gasteiger partial charge in [0.05, 0.1) is 0 Å². The zero-order valence-corrected chi connectivity index (χ0v) is 8.76. The zero-order valence-electron chi connectivity index (χ0n) is 8.76. The van der Waals surface area contributed by atoms with Gasteiger partial charge in [0, 0.05) is 22.5 Å². The molecule has 2 rings (SSSR count). The van der Waals surface area contributed by atoms with Crippen molar-refractivity contribution in [1.29, 1.82) is 0 Å². The maximum Gasteiger partial charge on any atom is 0.264 e. The van der Waals surface area contributed by atoms with Gasteiger partial charge in [-0.1, -0.05) is 13.0 Å². The number of nitrogens with one attached hydrogen (secondary N) is 1. The Labute approximate surface area is 90.9 Å². The fourth-order valence-corrected chi connectivity index (χ4v) is 1.73. The van der Waals surface area contributed by atoms with Crippen LogP contribution in [0.25, 0.3) is 10.9 Å². The van der Waals surface area contributed by atoms with Crippen LogP contribution in [0.15, 0.2) is 29.1 Å². The van der Waals surface area contributed by atoms with Gasteiger partial charge in [0.15, 0.2) is 0 Å². The van der Waals surface area contributed by atoms with Gasteiger partial charge in [0.2, 0.25) is 5.56 Å². The molecule has 4 heteroatoms. The van der Waals surface area contributed by atoms with Crippen molar-refractivity contribution in [1.82, 2.24) is 4.98 Å². The van der Waals surface area contributed by atoms with Crippen molar-refractivity contribution in [3.63, 3.8) is 0 Å². The summed E-state index contributed by atoms with van der Waals surface area (Å²) in [7, 11) is 0. The lowest BCUT2D eigenvalue weighted by atomic mass is 10.0. The Kier molecular flexibility index (Phi) is 2.73. The molecule has 0 saturated heterocycles. The van der Waals surface area contributed by atoms with E-state index in [1.165, 1.54) is 0 Å². The summed E-state index contributed by atoms with van der Waals surface area (Å²) in [5.41, 5.74) is 0.738. The van der Waals surface area contributed by atoms with Crippen molar-refractivity contribution >= 4 is 10.9 Å². The predicted molar refractivity (Wildman–Crippen MR) is 58.9 cm³/mol. The lowest BCUT2D eigenvalue weighted by Gasteiger charge is -2.06. The first-order valence-corrected chi connectivity index (χ1v) is 5.06. The van der Waals surface area contributed by atoms with Gasteiger partial charge in [0.25, 0.3) is 6.43 Å². The molecular weight excluding hydrogens is 212 g/mol. The molecule has 1 aromatic heterocycles. The van der Waals surface area contributed by atoms with Crippen LogP contribution in [0.4, 0.5) is 8.78 Å². The van der Waals surface area contributed by atoms with Gasteiger partial charge < -0.3 is 4.98 Å². The Bertz CT molecular complexity index is 575. The highest BCUT2D eigenvalue weighted by Gasteiger charge is 2.13. The van der Waals surface area contributed by atoms with Crippen LogP contribution in [0.2, 0.25) is 0 Å². The molecule has 1 N–H and O–H groups in total. The van der Waals surface area contributed by atoms with E-state index in [-0.39, 0.29) is 5.56 Å². The third-order valence-electron chi connectivity index (χ3n) is 2.58. The van der Waals surface area contributed by atoms with E-state index >= 15 is 0 Å². The second-order valence-corrected chi connectivity index (χ2v) is 3.62. The summed E-state index contributed by atoms with van der Waals surface area (Å²) in [6.45, 7) is 1.95. The molecular formula is C12H11F2NO. The second kappa shape index (κ2) is 4.04. The molecule has 0 saturated carbocycles. The Hall–Kier alpha value is -1.71. The van der Waals surface area contributed by atoms with Gasteiger partial charge >= 0.3 is 0 Å². The van der Waals surface area contributed by atoms with Crippen LogP contribution in [0, 0.1) is 0 Å². The number of alkyl halides is 2. The van der Waals surface area contributed by atoms with Gasteiger partial charge in [-0.15, -0.1) is 0 Å². The number of H-pyrrole nitrogens is 1. The van der Waals surface area contributed by atoms with Gasteiger partial charge in [-0.05, 0) is 24.1 Å². The summed E-state index contributed by atoms with van der Waals surface area (Å²) in [6, 6.07) is 6.16. The van der Waals surface area contributed by atoms with Crippen LogP contribution < -0.4 is 5.56 Å². The predicted octanol–water partition coefficient (Wildman–Crippen LogP) is 3.03. The van der Waals surface area contributed by atoms with Crippen molar-refractivity contribution < 1.29 is 8.78 Å². The second-order valence-electron chi connectivity index (χ2n) is 3.62. The molecule has 0 aliphatic rings. The van der Waals surface area contributed by atoms with Gasteiger partial charge in [0.1, 0.15) is 0 Å². The van der Waals surface area contributed by atoms with Crippen LogP contribution in [0.3, 0.4) is 0 Å². The topological polar surface area (TPSA) is 32.9 Å². The van der Waals surface area contributed by atoms with E-state index < -0.39 is 12.0 Å². The quantitative estimate of drug-likeness (QED) is 0.833. The fourth-order valence-electron chi connectivity index (χ4n) is 1.73. The average molecular weight is 223 g/mol. The maximum absolute atomic E-state index is 12.8. The summed E-state index contributed by atoms with van der Waals surface area (Å²) in [4.78, 5) is 13.7. The number of fused-ring (bicyclic) bond motifs is 1. The number of benzene rings is 1. The first-order valence-electron chi connectivity index (χ1n) is 5.06. The molecule has 0 atom stereocenters. The Morgan fingerprint density at radius 1 is 1.31 bits per heavy atom.